The number of hydrogen-bond donors (Lipinski definition) is 2. The molecule has 0 bridgehead atoms. The van der Waals surface area contributed by atoms with Crippen molar-refractivity contribution in [3.63, 3.8) is 0 Å². The molecule has 0 spiro atoms. The summed E-state index contributed by atoms with van der Waals surface area (Å²) in [5.74, 6) is 0.0287. The van der Waals surface area contributed by atoms with Crippen LogP contribution in [0.1, 0.15) is 104 Å². The van der Waals surface area contributed by atoms with Crippen molar-refractivity contribution in [2.24, 2.45) is 11.3 Å². The van der Waals surface area contributed by atoms with E-state index in [4.69, 9.17) is 16.2 Å². The van der Waals surface area contributed by atoms with Crippen molar-refractivity contribution in [1.29, 1.82) is 0 Å². The third kappa shape index (κ3) is 10.1. The second kappa shape index (κ2) is 16.1. The first-order valence-electron chi connectivity index (χ1n) is 17.5. The van der Waals surface area contributed by atoms with Crippen molar-refractivity contribution in [2.75, 3.05) is 11.1 Å². The maximum absolute atomic E-state index is 14.0. The Morgan fingerprint density at radius 1 is 0.880 bits per heavy atom. The van der Waals surface area contributed by atoms with Gasteiger partial charge in [0.05, 0.1) is 11.7 Å². The van der Waals surface area contributed by atoms with Crippen molar-refractivity contribution in [3.05, 3.63) is 124 Å². The highest BCUT2D eigenvalue weighted by Gasteiger charge is 2.30. The zero-order valence-corrected chi connectivity index (χ0v) is 31.0. The van der Waals surface area contributed by atoms with Crippen LogP contribution in [0.2, 0.25) is 5.02 Å². The van der Waals surface area contributed by atoms with E-state index in [0.29, 0.717) is 34.0 Å². The third-order valence-corrected chi connectivity index (χ3v) is 11.3. The molecule has 1 aliphatic rings. The zero-order valence-electron chi connectivity index (χ0n) is 29.4. The summed E-state index contributed by atoms with van der Waals surface area (Å²) in [7, 11) is -4.11. The topological polar surface area (TPSA) is 101 Å². The van der Waals surface area contributed by atoms with Crippen LogP contribution < -0.4 is 5.32 Å². The minimum absolute atomic E-state index is 0.0186. The molecule has 0 heterocycles. The average Bonchev–Trinajstić information content (AvgIpc) is 3.07. The first-order valence-corrected chi connectivity index (χ1v) is 19.5. The molecule has 1 aliphatic carbocycles. The van der Waals surface area contributed by atoms with Crippen LogP contribution in [-0.2, 0) is 21.3 Å². The largest absolute Gasteiger partial charge is 0.326 e. The van der Waals surface area contributed by atoms with Crippen LogP contribution in [-0.4, -0.2) is 30.4 Å². The first kappa shape index (κ1) is 37.5. The summed E-state index contributed by atoms with van der Waals surface area (Å²) in [6.07, 6.45) is 5.32. The number of rotatable bonds is 12. The van der Waals surface area contributed by atoms with Gasteiger partial charge in [-0.05, 0) is 120 Å². The van der Waals surface area contributed by atoms with Crippen LogP contribution >= 0.6 is 11.6 Å². The minimum Gasteiger partial charge on any atom is -0.326 e. The van der Waals surface area contributed by atoms with Gasteiger partial charge in [0.15, 0.2) is 5.78 Å². The standard InChI is InChI=1S/C42H48ClNO5S/c1-28-26-36(43)21-24-38(28)32-17-22-37(23-18-32)44-41(46)39(27-29-7-9-34(10-8-29)40(45)6-5-25-50(47,48)49)33-13-11-30(12-14-33)31-15-19-35(20-16-31)42(2,3)4/h7-14,17-18,21-24,26,31,35,39H,5-6,15-16,19-20,25,27H2,1-4H3,(H,44,46)(H,47,48,49)/t31?,35?,39-/m1/s1. The molecule has 1 saturated carbocycles. The fraction of sp³-hybridized carbons (Fsp3) is 0.381. The number of anilines is 1. The summed E-state index contributed by atoms with van der Waals surface area (Å²) in [5, 5.41) is 3.83. The van der Waals surface area contributed by atoms with E-state index in [0.717, 1.165) is 33.7 Å². The summed E-state index contributed by atoms with van der Waals surface area (Å²) >= 11 is 6.16. The van der Waals surface area contributed by atoms with Crippen molar-refractivity contribution in [3.8, 4) is 11.1 Å². The molecule has 1 amide bonds. The van der Waals surface area contributed by atoms with Crippen LogP contribution in [0.25, 0.3) is 11.1 Å². The number of carbonyl (C=O) groups is 2. The van der Waals surface area contributed by atoms with Gasteiger partial charge in [-0.25, -0.2) is 0 Å². The van der Waals surface area contributed by atoms with Crippen molar-refractivity contribution in [1.82, 2.24) is 0 Å². The van der Waals surface area contributed by atoms with Crippen LogP contribution in [0, 0.1) is 18.3 Å². The average molecular weight is 714 g/mol. The molecule has 0 aromatic heterocycles. The van der Waals surface area contributed by atoms with Crippen molar-refractivity contribution >= 4 is 39.1 Å². The summed E-state index contributed by atoms with van der Waals surface area (Å²) in [6, 6.07) is 29.3. The van der Waals surface area contributed by atoms with E-state index in [1.165, 1.54) is 31.2 Å². The smallest absolute Gasteiger partial charge is 0.264 e. The second-order valence-electron chi connectivity index (χ2n) is 14.9. The van der Waals surface area contributed by atoms with E-state index in [1.54, 1.807) is 12.1 Å². The molecule has 5 rings (SSSR count). The first-order chi connectivity index (χ1) is 23.7. The molecule has 4 aromatic rings. The van der Waals surface area contributed by atoms with E-state index >= 15 is 0 Å². The lowest BCUT2D eigenvalue weighted by atomic mass is 9.68. The van der Waals surface area contributed by atoms with Gasteiger partial charge < -0.3 is 5.32 Å². The molecule has 264 valence electrons. The molecule has 1 fully saturated rings. The second-order valence-corrected chi connectivity index (χ2v) is 16.9. The fourth-order valence-corrected chi connectivity index (χ4v) is 7.93. The van der Waals surface area contributed by atoms with E-state index in [2.05, 4.69) is 50.4 Å². The highest BCUT2D eigenvalue weighted by atomic mass is 35.5. The molecule has 0 radical (unpaired) electrons. The Morgan fingerprint density at radius 2 is 1.52 bits per heavy atom. The van der Waals surface area contributed by atoms with E-state index in [9.17, 15) is 18.0 Å². The van der Waals surface area contributed by atoms with Gasteiger partial charge >= 0.3 is 0 Å². The van der Waals surface area contributed by atoms with Gasteiger partial charge in [-0.1, -0.05) is 99.1 Å². The maximum atomic E-state index is 14.0. The Morgan fingerprint density at radius 3 is 2.10 bits per heavy atom. The fourth-order valence-electron chi connectivity index (χ4n) is 7.19. The Balaban J connectivity index is 1.33. The van der Waals surface area contributed by atoms with Crippen LogP contribution in [0.4, 0.5) is 5.69 Å². The number of Topliss-reactive ketones (excluding diaryl/α,β-unsaturated/α-hetero) is 1. The predicted molar refractivity (Wildman–Crippen MR) is 204 cm³/mol. The van der Waals surface area contributed by atoms with Gasteiger partial charge in [0.2, 0.25) is 5.91 Å². The highest BCUT2D eigenvalue weighted by Crippen LogP contribution is 2.43. The van der Waals surface area contributed by atoms with E-state index < -0.39 is 21.8 Å². The summed E-state index contributed by atoms with van der Waals surface area (Å²) in [4.78, 5) is 26.6. The van der Waals surface area contributed by atoms with Gasteiger partial charge in [-0.15, -0.1) is 0 Å². The van der Waals surface area contributed by atoms with Gasteiger partial charge in [0.1, 0.15) is 0 Å². The normalized spacial score (nSPS) is 17.2. The Hall–Kier alpha value is -3.78. The summed E-state index contributed by atoms with van der Waals surface area (Å²) in [6.45, 7) is 9.04. The Labute approximate surface area is 302 Å². The number of ketones is 1. The molecule has 6 nitrogen and oxygen atoms in total. The molecule has 1 atom stereocenters. The van der Waals surface area contributed by atoms with Crippen molar-refractivity contribution in [2.45, 2.75) is 84.5 Å². The maximum Gasteiger partial charge on any atom is 0.264 e. The molecular formula is C42H48ClNO5S. The van der Waals surface area contributed by atoms with Crippen LogP contribution in [0.3, 0.4) is 0 Å². The zero-order chi connectivity index (χ0) is 36.1. The van der Waals surface area contributed by atoms with Crippen LogP contribution in [0.5, 0.6) is 0 Å². The Kier molecular flexibility index (Phi) is 12.0. The number of aryl methyl sites for hydroxylation is 1. The van der Waals surface area contributed by atoms with Crippen LogP contribution in [0.15, 0.2) is 91.0 Å². The Bertz CT molecular complexity index is 1890. The lowest BCUT2D eigenvalue weighted by Gasteiger charge is -2.37. The van der Waals surface area contributed by atoms with E-state index in [1.807, 2.05) is 61.5 Å². The monoisotopic (exact) mass is 713 g/mol. The SMILES string of the molecule is Cc1cc(Cl)ccc1-c1ccc(NC(=O)[C@H](Cc2ccc(C(=O)CCCS(=O)(=O)O)cc2)c2ccc(C3CCC(C(C)(C)C)CC3)cc2)cc1. The predicted octanol–water partition coefficient (Wildman–Crippen LogP) is 10.5. The molecule has 0 unspecified atom stereocenters. The van der Waals surface area contributed by atoms with Gasteiger partial charge in [-0.2, -0.15) is 8.42 Å². The van der Waals surface area contributed by atoms with E-state index in [-0.39, 0.29) is 24.5 Å². The van der Waals surface area contributed by atoms with Crippen molar-refractivity contribution < 1.29 is 22.6 Å². The number of halogens is 1. The minimum atomic E-state index is -4.11. The molecule has 50 heavy (non-hydrogen) atoms. The number of nitrogens with one attached hydrogen (secondary N) is 1. The molecule has 0 aliphatic heterocycles. The lowest BCUT2D eigenvalue weighted by Crippen LogP contribution is -2.25. The quantitative estimate of drug-likeness (QED) is 0.112. The summed E-state index contributed by atoms with van der Waals surface area (Å²) in [5.41, 5.74) is 7.84. The van der Waals surface area contributed by atoms with Gasteiger partial charge in [-0.3, -0.25) is 14.1 Å². The molecule has 0 saturated heterocycles. The molecular weight excluding hydrogens is 666 g/mol. The molecule has 8 heteroatoms. The molecule has 2 N–H and O–H groups in total. The van der Waals surface area contributed by atoms with Gasteiger partial charge in [0, 0.05) is 22.7 Å². The number of benzene rings is 4. The molecule has 4 aromatic carbocycles. The summed E-state index contributed by atoms with van der Waals surface area (Å²) < 4.78 is 31.0. The number of hydrogen-bond acceptors (Lipinski definition) is 4. The highest BCUT2D eigenvalue weighted by molar-refractivity contribution is 7.85. The lowest BCUT2D eigenvalue weighted by molar-refractivity contribution is -0.117. The number of amides is 1. The number of carbonyl (C=O) groups excluding carboxylic acids is 2. The van der Waals surface area contributed by atoms with Gasteiger partial charge in [0.25, 0.3) is 10.1 Å². The third-order valence-electron chi connectivity index (χ3n) is 10.3.